The van der Waals surface area contributed by atoms with Gasteiger partial charge in [-0.15, -0.1) is 0 Å². The van der Waals surface area contributed by atoms with E-state index in [9.17, 15) is 10.1 Å². The van der Waals surface area contributed by atoms with Crippen LogP contribution in [0.3, 0.4) is 0 Å². The van der Waals surface area contributed by atoms with E-state index < -0.39 is 4.92 Å². The van der Waals surface area contributed by atoms with Crippen LogP contribution in [0.15, 0.2) is 36.7 Å². The number of anilines is 2. The van der Waals surface area contributed by atoms with Crippen LogP contribution in [0.5, 0.6) is 0 Å². The lowest BCUT2D eigenvalue weighted by atomic mass is 10.2. The summed E-state index contributed by atoms with van der Waals surface area (Å²) in [4.78, 5) is 18.6. The second-order valence-corrected chi connectivity index (χ2v) is 3.88. The zero-order valence-corrected chi connectivity index (χ0v) is 10.1. The molecule has 0 atom stereocenters. The lowest BCUT2D eigenvalue weighted by Crippen LogP contribution is -2.09. The Morgan fingerprint density at radius 2 is 2.05 bits per heavy atom. The molecule has 1 heterocycles. The molecule has 19 heavy (non-hydrogen) atoms. The highest BCUT2D eigenvalue weighted by Crippen LogP contribution is 2.26. The van der Waals surface area contributed by atoms with Crippen molar-refractivity contribution in [3.63, 3.8) is 0 Å². The molecule has 0 aliphatic carbocycles. The lowest BCUT2D eigenvalue weighted by Gasteiger charge is -2.07. The number of nitro groups is 1. The monoisotopic (exact) mass is 259 g/mol. The molecule has 7 nitrogen and oxygen atoms in total. The minimum absolute atomic E-state index is 0.0334. The first-order valence-corrected chi connectivity index (χ1v) is 5.70. The van der Waals surface area contributed by atoms with Gasteiger partial charge in [-0.25, -0.2) is 9.97 Å². The summed E-state index contributed by atoms with van der Waals surface area (Å²) in [7, 11) is 0. The molecule has 2 rings (SSSR count). The fraction of sp³-hybridized carbons (Fsp3) is 0.167. The third-order valence-electron chi connectivity index (χ3n) is 2.50. The van der Waals surface area contributed by atoms with E-state index >= 15 is 0 Å². The van der Waals surface area contributed by atoms with Gasteiger partial charge in [-0.05, 0) is 18.2 Å². The normalized spacial score (nSPS) is 10.1. The maximum atomic E-state index is 10.9. The summed E-state index contributed by atoms with van der Waals surface area (Å²) < 4.78 is 0. The Kier molecular flexibility index (Phi) is 3.87. The van der Waals surface area contributed by atoms with E-state index in [2.05, 4.69) is 15.3 Å². The smallest absolute Gasteiger partial charge is 0.294 e. The molecule has 0 aliphatic rings. The largest absolute Gasteiger partial charge is 0.399 e. The highest BCUT2D eigenvalue weighted by Gasteiger charge is 2.13. The quantitative estimate of drug-likeness (QED) is 0.480. The summed E-state index contributed by atoms with van der Waals surface area (Å²) in [5, 5.41) is 13.9. The van der Waals surface area contributed by atoms with Crippen molar-refractivity contribution in [1.82, 2.24) is 9.97 Å². The van der Waals surface area contributed by atoms with Crippen molar-refractivity contribution in [2.75, 3.05) is 17.6 Å². The van der Waals surface area contributed by atoms with E-state index in [4.69, 9.17) is 5.73 Å². The topological polar surface area (TPSA) is 107 Å². The molecular formula is C12H13N5O2. The Hall–Kier alpha value is -2.70. The average molecular weight is 259 g/mol. The first-order valence-electron chi connectivity index (χ1n) is 5.70. The fourth-order valence-electron chi connectivity index (χ4n) is 1.62. The zero-order valence-electron chi connectivity index (χ0n) is 10.1. The van der Waals surface area contributed by atoms with Crippen LogP contribution in [0.25, 0.3) is 0 Å². The van der Waals surface area contributed by atoms with Gasteiger partial charge in [0.05, 0.1) is 4.92 Å². The molecular weight excluding hydrogens is 246 g/mol. The van der Waals surface area contributed by atoms with Crippen LogP contribution in [0, 0.1) is 10.1 Å². The first-order chi connectivity index (χ1) is 9.16. The number of hydrogen-bond donors (Lipinski definition) is 2. The van der Waals surface area contributed by atoms with Crippen molar-refractivity contribution in [2.24, 2.45) is 0 Å². The summed E-state index contributed by atoms with van der Waals surface area (Å²) in [6, 6.07) is 6.29. The van der Waals surface area contributed by atoms with Gasteiger partial charge in [0, 0.05) is 37.1 Å². The second kappa shape index (κ2) is 5.76. The van der Waals surface area contributed by atoms with Gasteiger partial charge in [-0.2, -0.15) is 0 Å². The Bertz CT molecular complexity index is 574. The Labute approximate surface area is 109 Å². The Morgan fingerprint density at radius 3 is 2.74 bits per heavy atom. The molecule has 7 heteroatoms. The predicted molar refractivity (Wildman–Crippen MR) is 71.7 cm³/mol. The molecule has 0 fully saturated rings. The first kappa shape index (κ1) is 12.7. The van der Waals surface area contributed by atoms with Crippen LogP contribution in [-0.4, -0.2) is 21.4 Å². The predicted octanol–water partition coefficient (Wildman–Crippen LogP) is 1.62. The van der Waals surface area contributed by atoms with Crippen molar-refractivity contribution in [3.8, 4) is 0 Å². The fourth-order valence-corrected chi connectivity index (χ4v) is 1.62. The zero-order chi connectivity index (χ0) is 13.7. The van der Waals surface area contributed by atoms with E-state index in [0.29, 0.717) is 30.2 Å². The summed E-state index contributed by atoms with van der Waals surface area (Å²) in [6.07, 6.45) is 3.91. The number of rotatable bonds is 5. The maximum absolute atomic E-state index is 10.9. The van der Waals surface area contributed by atoms with Crippen molar-refractivity contribution in [2.45, 2.75) is 6.42 Å². The van der Waals surface area contributed by atoms with Crippen molar-refractivity contribution < 1.29 is 4.92 Å². The van der Waals surface area contributed by atoms with Crippen LogP contribution in [0.2, 0.25) is 0 Å². The number of nitrogens with zero attached hydrogens (tertiary/aromatic N) is 3. The van der Waals surface area contributed by atoms with Crippen LogP contribution in [-0.2, 0) is 6.42 Å². The van der Waals surface area contributed by atoms with Gasteiger partial charge < -0.3 is 11.1 Å². The molecule has 0 saturated heterocycles. The number of benzene rings is 1. The highest BCUT2D eigenvalue weighted by atomic mass is 16.6. The van der Waals surface area contributed by atoms with Gasteiger partial charge in [0.25, 0.3) is 5.69 Å². The molecule has 98 valence electrons. The number of nitro benzene ring substituents is 1. The molecule has 2 aromatic rings. The number of hydrogen-bond acceptors (Lipinski definition) is 6. The molecule has 0 saturated carbocycles. The summed E-state index contributed by atoms with van der Waals surface area (Å²) >= 11 is 0. The molecule has 0 unspecified atom stereocenters. The van der Waals surface area contributed by atoms with Gasteiger partial charge in [0.15, 0.2) is 0 Å². The average Bonchev–Trinajstić information content (AvgIpc) is 2.41. The minimum Gasteiger partial charge on any atom is -0.399 e. The molecule has 0 aliphatic heterocycles. The maximum Gasteiger partial charge on any atom is 0.294 e. The van der Waals surface area contributed by atoms with Crippen LogP contribution < -0.4 is 11.1 Å². The van der Waals surface area contributed by atoms with Crippen LogP contribution in [0.4, 0.5) is 17.1 Å². The molecule has 3 N–H and O–H groups in total. The number of nitrogens with two attached hydrogens (primary N) is 1. The highest BCUT2D eigenvalue weighted by molar-refractivity contribution is 5.66. The molecule has 0 spiro atoms. The van der Waals surface area contributed by atoms with E-state index in [1.54, 1.807) is 30.6 Å². The molecule has 0 amide bonds. The molecule has 1 aromatic heterocycles. The number of nitrogen functional groups attached to an aromatic ring is 1. The van der Waals surface area contributed by atoms with Crippen LogP contribution >= 0.6 is 0 Å². The van der Waals surface area contributed by atoms with Crippen molar-refractivity contribution >= 4 is 17.1 Å². The standard InChI is InChI=1S/C12H13N5O2/c13-9-2-3-10(11(8-9)17(18)19)14-7-4-12-15-5-1-6-16-12/h1-3,5-6,8,14H,4,7,13H2. The summed E-state index contributed by atoms with van der Waals surface area (Å²) in [5.74, 6) is 0.688. The van der Waals surface area contributed by atoms with Gasteiger partial charge >= 0.3 is 0 Å². The SMILES string of the molecule is Nc1ccc(NCCc2ncccn2)c([N+](=O)[O-])c1. The number of aromatic nitrogens is 2. The van der Waals surface area contributed by atoms with Gasteiger partial charge in [-0.1, -0.05) is 0 Å². The van der Waals surface area contributed by atoms with Crippen LogP contribution in [0.1, 0.15) is 5.82 Å². The lowest BCUT2D eigenvalue weighted by molar-refractivity contribution is -0.383. The summed E-state index contributed by atoms with van der Waals surface area (Å²) in [6.45, 7) is 0.509. The third kappa shape index (κ3) is 3.38. The van der Waals surface area contributed by atoms with Crippen molar-refractivity contribution in [1.29, 1.82) is 0 Å². The Balaban J connectivity index is 2.02. The van der Waals surface area contributed by atoms with Gasteiger partial charge in [0.1, 0.15) is 11.5 Å². The van der Waals surface area contributed by atoms with E-state index in [0.717, 1.165) is 0 Å². The number of nitrogens with one attached hydrogen (secondary N) is 1. The van der Waals surface area contributed by atoms with Crippen molar-refractivity contribution in [3.05, 3.63) is 52.6 Å². The molecule has 1 aromatic carbocycles. The molecule has 0 bridgehead atoms. The Morgan fingerprint density at radius 1 is 1.32 bits per heavy atom. The van der Waals surface area contributed by atoms with E-state index in [1.165, 1.54) is 6.07 Å². The van der Waals surface area contributed by atoms with Gasteiger partial charge in [-0.3, -0.25) is 10.1 Å². The van der Waals surface area contributed by atoms with E-state index in [-0.39, 0.29) is 5.69 Å². The van der Waals surface area contributed by atoms with Gasteiger partial charge in [0.2, 0.25) is 0 Å². The third-order valence-corrected chi connectivity index (χ3v) is 2.50. The second-order valence-electron chi connectivity index (χ2n) is 3.88. The molecule has 0 radical (unpaired) electrons. The minimum atomic E-state index is -0.461. The van der Waals surface area contributed by atoms with E-state index in [1.807, 2.05) is 0 Å². The summed E-state index contributed by atoms with van der Waals surface area (Å²) in [5.41, 5.74) is 6.30.